The molecule has 0 fully saturated rings. The SMILES string of the molecule is NCCn1ccnc1Cc1ccc(Cl)c(Br)c1. The summed E-state index contributed by atoms with van der Waals surface area (Å²) >= 11 is 9.38. The fourth-order valence-electron chi connectivity index (χ4n) is 1.68. The molecule has 3 nitrogen and oxygen atoms in total. The Bertz CT molecular complexity index is 510. The Balaban J connectivity index is 2.19. The molecule has 0 spiro atoms. The Hall–Kier alpha value is -0.840. The summed E-state index contributed by atoms with van der Waals surface area (Å²) in [6.45, 7) is 1.41. The number of hydrogen-bond acceptors (Lipinski definition) is 2. The number of nitrogens with two attached hydrogens (primary N) is 1. The zero-order valence-corrected chi connectivity index (χ0v) is 11.6. The van der Waals surface area contributed by atoms with Gasteiger partial charge in [0, 0.05) is 36.4 Å². The van der Waals surface area contributed by atoms with E-state index in [1.54, 1.807) is 6.20 Å². The van der Waals surface area contributed by atoms with Gasteiger partial charge in [0.05, 0.1) is 5.02 Å². The molecule has 0 amide bonds. The van der Waals surface area contributed by atoms with Gasteiger partial charge in [-0.05, 0) is 33.6 Å². The highest BCUT2D eigenvalue weighted by molar-refractivity contribution is 9.10. The summed E-state index contributed by atoms with van der Waals surface area (Å²) in [5.41, 5.74) is 6.72. The summed E-state index contributed by atoms with van der Waals surface area (Å²) in [5.74, 6) is 1.02. The molecule has 90 valence electrons. The Kier molecular flexibility index (Phi) is 4.20. The molecule has 2 rings (SSSR count). The molecule has 0 aliphatic carbocycles. The van der Waals surface area contributed by atoms with Crippen LogP contribution in [0.2, 0.25) is 5.02 Å². The zero-order valence-electron chi connectivity index (χ0n) is 9.24. The van der Waals surface area contributed by atoms with Crippen molar-refractivity contribution in [1.29, 1.82) is 0 Å². The van der Waals surface area contributed by atoms with Crippen molar-refractivity contribution in [2.45, 2.75) is 13.0 Å². The molecule has 5 heteroatoms. The first-order chi connectivity index (χ1) is 8.20. The van der Waals surface area contributed by atoms with Gasteiger partial charge in [-0.15, -0.1) is 0 Å². The second kappa shape index (κ2) is 5.67. The molecule has 2 N–H and O–H groups in total. The summed E-state index contributed by atoms with van der Waals surface area (Å²) in [4.78, 5) is 4.34. The first kappa shape index (κ1) is 12.6. The molecule has 0 unspecified atom stereocenters. The first-order valence-corrected chi connectivity index (χ1v) is 6.52. The maximum Gasteiger partial charge on any atom is 0.113 e. The van der Waals surface area contributed by atoms with Crippen LogP contribution in [0, 0.1) is 0 Å². The molecule has 2 aromatic rings. The molecule has 1 aromatic heterocycles. The highest BCUT2D eigenvalue weighted by Gasteiger charge is 2.05. The third-order valence-electron chi connectivity index (χ3n) is 2.52. The van der Waals surface area contributed by atoms with E-state index in [1.165, 1.54) is 5.56 Å². The average molecular weight is 315 g/mol. The molecule has 0 saturated heterocycles. The van der Waals surface area contributed by atoms with Gasteiger partial charge in [-0.1, -0.05) is 17.7 Å². The van der Waals surface area contributed by atoms with Crippen molar-refractivity contribution in [2.24, 2.45) is 5.73 Å². The largest absolute Gasteiger partial charge is 0.333 e. The Morgan fingerprint density at radius 2 is 2.24 bits per heavy atom. The van der Waals surface area contributed by atoms with Crippen molar-refractivity contribution in [1.82, 2.24) is 9.55 Å². The smallest absolute Gasteiger partial charge is 0.113 e. The minimum absolute atomic E-state index is 0.619. The molecule has 17 heavy (non-hydrogen) atoms. The van der Waals surface area contributed by atoms with Gasteiger partial charge in [0.15, 0.2) is 0 Å². The fourth-order valence-corrected chi connectivity index (χ4v) is 2.23. The molecule has 0 aliphatic heterocycles. The Morgan fingerprint density at radius 1 is 1.41 bits per heavy atom. The molecule has 0 bridgehead atoms. The van der Waals surface area contributed by atoms with Gasteiger partial charge in [-0.25, -0.2) is 4.98 Å². The predicted octanol–water partition coefficient (Wildman–Crippen LogP) is 2.85. The van der Waals surface area contributed by atoms with Crippen molar-refractivity contribution >= 4 is 27.5 Å². The highest BCUT2D eigenvalue weighted by Crippen LogP contribution is 2.24. The molecule has 1 aromatic carbocycles. The molecule has 0 atom stereocenters. The van der Waals surface area contributed by atoms with Crippen LogP contribution in [-0.2, 0) is 13.0 Å². The third kappa shape index (κ3) is 3.09. The predicted molar refractivity (Wildman–Crippen MR) is 73.2 cm³/mol. The van der Waals surface area contributed by atoms with E-state index in [-0.39, 0.29) is 0 Å². The number of rotatable bonds is 4. The molecular formula is C12H13BrClN3. The third-order valence-corrected chi connectivity index (χ3v) is 3.73. The minimum Gasteiger partial charge on any atom is -0.333 e. The Morgan fingerprint density at radius 3 is 2.94 bits per heavy atom. The second-order valence-corrected chi connectivity index (χ2v) is 5.01. The molecular weight excluding hydrogens is 302 g/mol. The number of aromatic nitrogens is 2. The zero-order chi connectivity index (χ0) is 12.3. The van der Waals surface area contributed by atoms with E-state index in [2.05, 4.69) is 25.5 Å². The van der Waals surface area contributed by atoms with E-state index in [0.717, 1.165) is 28.3 Å². The van der Waals surface area contributed by atoms with E-state index in [0.29, 0.717) is 6.54 Å². The van der Waals surface area contributed by atoms with Crippen molar-refractivity contribution in [2.75, 3.05) is 6.54 Å². The van der Waals surface area contributed by atoms with E-state index in [9.17, 15) is 0 Å². The monoisotopic (exact) mass is 313 g/mol. The van der Waals surface area contributed by atoms with Gasteiger partial charge in [0.25, 0.3) is 0 Å². The van der Waals surface area contributed by atoms with E-state index < -0.39 is 0 Å². The van der Waals surface area contributed by atoms with Crippen LogP contribution in [0.15, 0.2) is 35.1 Å². The van der Waals surface area contributed by atoms with Gasteiger partial charge in [0.2, 0.25) is 0 Å². The van der Waals surface area contributed by atoms with Crippen LogP contribution in [0.1, 0.15) is 11.4 Å². The van der Waals surface area contributed by atoms with E-state index in [1.807, 2.05) is 24.4 Å². The quantitative estimate of drug-likeness (QED) is 0.943. The van der Waals surface area contributed by atoms with Crippen LogP contribution in [0.3, 0.4) is 0 Å². The van der Waals surface area contributed by atoms with Gasteiger partial charge in [-0.2, -0.15) is 0 Å². The molecule has 0 radical (unpaired) electrons. The molecule has 1 heterocycles. The first-order valence-electron chi connectivity index (χ1n) is 5.34. The van der Waals surface area contributed by atoms with Crippen LogP contribution in [-0.4, -0.2) is 16.1 Å². The lowest BCUT2D eigenvalue weighted by Gasteiger charge is -2.07. The van der Waals surface area contributed by atoms with Crippen molar-refractivity contribution in [3.05, 3.63) is 51.5 Å². The fraction of sp³-hybridized carbons (Fsp3) is 0.250. The number of halogens is 2. The standard InChI is InChI=1S/C12H13BrClN3/c13-10-7-9(1-2-11(10)14)8-12-16-4-6-17(12)5-3-15/h1-2,4,6-7H,3,5,8,15H2. The van der Waals surface area contributed by atoms with Crippen LogP contribution in [0.25, 0.3) is 0 Å². The topological polar surface area (TPSA) is 43.8 Å². The lowest BCUT2D eigenvalue weighted by atomic mass is 10.1. The lowest BCUT2D eigenvalue weighted by molar-refractivity contribution is 0.671. The summed E-state index contributed by atoms with van der Waals surface area (Å²) in [6.07, 6.45) is 4.53. The molecule has 0 saturated carbocycles. The maximum atomic E-state index is 5.96. The lowest BCUT2D eigenvalue weighted by Crippen LogP contribution is -2.12. The van der Waals surface area contributed by atoms with Crippen molar-refractivity contribution in [3.63, 3.8) is 0 Å². The van der Waals surface area contributed by atoms with E-state index >= 15 is 0 Å². The summed E-state index contributed by atoms with van der Waals surface area (Å²) in [7, 11) is 0. The van der Waals surface area contributed by atoms with Gasteiger partial charge >= 0.3 is 0 Å². The molecule has 0 aliphatic rings. The van der Waals surface area contributed by atoms with Gasteiger partial charge in [0.1, 0.15) is 5.82 Å². The van der Waals surface area contributed by atoms with Gasteiger partial charge in [-0.3, -0.25) is 0 Å². The maximum absolute atomic E-state index is 5.96. The van der Waals surface area contributed by atoms with Crippen molar-refractivity contribution < 1.29 is 0 Å². The minimum atomic E-state index is 0.619. The van der Waals surface area contributed by atoms with Gasteiger partial charge < -0.3 is 10.3 Å². The number of nitrogens with zero attached hydrogens (tertiary/aromatic N) is 2. The normalized spacial score (nSPS) is 10.8. The van der Waals surface area contributed by atoms with Crippen LogP contribution in [0.4, 0.5) is 0 Å². The number of hydrogen-bond donors (Lipinski definition) is 1. The summed E-state index contributed by atoms with van der Waals surface area (Å²) < 4.78 is 2.98. The second-order valence-electron chi connectivity index (χ2n) is 3.75. The number of imidazole rings is 1. The Labute approximate surface area is 114 Å². The van der Waals surface area contributed by atoms with Crippen LogP contribution >= 0.6 is 27.5 Å². The summed E-state index contributed by atoms with van der Waals surface area (Å²) in [5, 5.41) is 0.721. The van der Waals surface area contributed by atoms with Crippen molar-refractivity contribution in [3.8, 4) is 0 Å². The van der Waals surface area contributed by atoms with Crippen LogP contribution < -0.4 is 5.73 Å². The highest BCUT2D eigenvalue weighted by atomic mass is 79.9. The number of benzene rings is 1. The average Bonchev–Trinajstić information content (AvgIpc) is 2.72. The van der Waals surface area contributed by atoms with E-state index in [4.69, 9.17) is 17.3 Å². The van der Waals surface area contributed by atoms with Crippen LogP contribution in [0.5, 0.6) is 0 Å². The summed E-state index contributed by atoms with van der Waals surface area (Å²) in [6, 6.07) is 5.91.